The molecule has 0 aliphatic rings. The predicted molar refractivity (Wildman–Crippen MR) is 118 cm³/mol. The molecule has 176 valence electrons. The van der Waals surface area contributed by atoms with Gasteiger partial charge >= 0.3 is 0 Å². The topological polar surface area (TPSA) is 112 Å². The summed E-state index contributed by atoms with van der Waals surface area (Å²) in [7, 11) is 0. The minimum absolute atomic E-state index is 0.0453. The Morgan fingerprint density at radius 3 is 1.37 bits per heavy atom. The summed E-state index contributed by atoms with van der Waals surface area (Å²) >= 11 is 0. The van der Waals surface area contributed by atoms with Crippen molar-refractivity contribution >= 4 is 17.3 Å². The van der Waals surface area contributed by atoms with Crippen molar-refractivity contribution in [1.29, 1.82) is 0 Å². The second-order valence-electron chi connectivity index (χ2n) is 8.40. The van der Waals surface area contributed by atoms with Gasteiger partial charge in [-0.2, -0.15) is 0 Å². The third-order valence-electron chi connectivity index (χ3n) is 5.70. The van der Waals surface area contributed by atoms with Crippen LogP contribution in [-0.2, 0) is 14.4 Å². The molecule has 0 aromatic carbocycles. The van der Waals surface area contributed by atoms with Gasteiger partial charge in [0.2, 0.25) is 5.60 Å². The van der Waals surface area contributed by atoms with Crippen LogP contribution in [0, 0.1) is 0 Å². The minimum atomic E-state index is -2.73. The van der Waals surface area contributed by atoms with Crippen molar-refractivity contribution in [2.75, 3.05) is 0 Å². The molecule has 0 heterocycles. The van der Waals surface area contributed by atoms with Gasteiger partial charge in [-0.3, -0.25) is 14.4 Å². The fourth-order valence-electron chi connectivity index (χ4n) is 3.57. The first-order valence-corrected chi connectivity index (χ1v) is 11.9. The first-order valence-electron chi connectivity index (χ1n) is 11.9. The SMILES string of the molecule is CCCCCCC(=O)C(O)C(O)C(O)(C(=O)CCCCCC)C(=O)CCCCCC. The molecule has 0 saturated carbocycles. The van der Waals surface area contributed by atoms with Gasteiger partial charge in [-0.1, -0.05) is 78.6 Å². The van der Waals surface area contributed by atoms with E-state index in [0.29, 0.717) is 19.3 Å². The Hall–Kier alpha value is -1.11. The quantitative estimate of drug-likeness (QED) is 0.199. The van der Waals surface area contributed by atoms with Gasteiger partial charge in [0.05, 0.1) is 0 Å². The molecule has 0 saturated heterocycles. The lowest BCUT2D eigenvalue weighted by Gasteiger charge is -2.32. The zero-order valence-corrected chi connectivity index (χ0v) is 19.3. The molecule has 2 atom stereocenters. The highest BCUT2D eigenvalue weighted by molar-refractivity contribution is 6.11. The molecule has 0 aliphatic heterocycles. The first kappa shape index (κ1) is 28.9. The lowest BCUT2D eigenvalue weighted by atomic mass is 9.79. The number of unbranched alkanes of at least 4 members (excludes halogenated alkanes) is 9. The molecule has 0 radical (unpaired) electrons. The van der Waals surface area contributed by atoms with Gasteiger partial charge in [-0.05, 0) is 19.3 Å². The smallest absolute Gasteiger partial charge is 0.210 e. The van der Waals surface area contributed by atoms with E-state index in [-0.39, 0.29) is 19.3 Å². The molecule has 0 rings (SSSR count). The number of aliphatic hydroxyl groups is 3. The number of rotatable bonds is 20. The fourth-order valence-corrected chi connectivity index (χ4v) is 3.57. The molecular weight excluding hydrogens is 384 g/mol. The molecule has 0 bridgehead atoms. The highest BCUT2D eigenvalue weighted by atomic mass is 16.4. The highest BCUT2D eigenvalue weighted by Gasteiger charge is 2.52. The summed E-state index contributed by atoms with van der Waals surface area (Å²) in [6, 6.07) is 0. The molecule has 6 heteroatoms. The molecule has 3 N–H and O–H groups in total. The second kappa shape index (κ2) is 16.6. The standard InChI is InChI=1S/C24H44O6/c1-4-7-10-13-16-19(25)22(28)23(29)24(30,20(26)17-14-11-8-5-2)21(27)18-15-12-9-6-3/h22-23,28-30H,4-18H2,1-3H3. The Morgan fingerprint density at radius 1 is 0.633 bits per heavy atom. The van der Waals surface area contributed by atoms with Crippen LogP contribution in [-0.4, -0.2) is 50.5 Å². The van der Waals surface area contributed by atoms with Crippen LogP contribution in [0.25, 0.3) is 0 Å². The van der Waals surface area contributed by atoms with Gasteiger partial charge < -0.3 is 15.3 Å². The van der Waals surface area contributed by atoms with Gasteiger partial charge in [0.25, 0.3) is 0 Å². The van der Waals surface area contributed by atoms with Gasteiger partial charge in [-0.25, -0.2) is 0 Å². The molecule has 0 aromatic rings. The van der Waals surface area contributed by atoms with Crippen LogP contribution in [0.4, 0.5) is 0 Å². The van der Waals surface area contributed by atoms with Crippen LogP contribution in [0.5, 0.6) is 0 Å². The Balaban J connectivity index is 5.24. The Labute approximate surface area is 182 Å². The zero-order valence-electron chi connectivity index (χ0n) is 19.3. The molecule has 0 aliphatic carbocycles. The van der Waals surface area contributed by atoms with E-state index < -0.39 is 35.2 Å². The van der Waals surface area contributed by atoms with Crippen LogP contribution in [0.3, 0.4) is 0 Å². The Kier molecular flexibility index (Phi) is 16.0. The average molecular weight is 429 g/mol. The fraction of sp³-hybridized carbons (Fsp3) is 0.875. The molecule has 0 spiro atoms. The van der Waals surface area contributed by atoms with Crippen molar-refractivity contribution in [3.05, 3.63) is 0 Å². The predicted octanol–water partition coefficient (Wildman–Crippen LogP) is 4.06. The summed E-state index contributed by atoms with van der Waals surface area (Å²) in [5.74, 6) is -2.25. The van der Waals surface area contributed by atoms with E-state index in [1.165, 1.54) is 0 Å². The average Bonchev–Trinajstić information content (AvgIpc) is 2.75. The van der Waals surface area contributed by atoms with Crippen molar-refractivity contribution in [3.8, 4) is 0 Å². The van der Waals surface area contributed by atoms with Crippen molar-refractivity contribution in [2.45, 2.75) is 135 Å². The van der Waals surface area contributed by atoms with Crippen molar-refractivity contribution < 1.29 is 29.7 Å². The molecule has 0 fully saturated rings. The maximum atomic E-state index is 12.8. The number of carbonyl (C=O) groups excluding carboxylic acids is 3. The van der Waals surface area contributed by atoms with E-state index in [1.54, 1.807) is 0 Å². The monoisotopic (exact) mass is 428 g/mol. The maximum absolute atomic E-state index is 12.8. The lowest BCUT2D eigenvalue weighted by molar-refractivity contribution is -0.174. The molecule has 0 aromatic heterocycles. The maximum Gasteiger partial charge on any atom is 0.210 e. The molecular formula is C24H44O6. The highest BCUT2D eigenvalue weighted by Crippen LogP contribution is 2.25. The van der Waals surface area contributed by atoms with E-state index in [0.717, 1.165) is 57.8 Å². The normalized spacial score (nSPS) is 13.8. The lowest BCUT2D eigenvalue weighted by Crippen LogP contribution is -2.61. The summed E-state index contributed by atoms with van der Waals surface area (Å²) in [4.78, 5) is 37.8. The molecule has 0 amide bonds. The van der Waals surface area contributed by atoms with E-state index in [2.05, 4.69) is 0 Å². The summed E-state index contributed by atoms with van der Waals surface area (Å²) in [5, 5.41) is 31.9. The van der Waals surface area contributed by atoms with Crippen LogP contribution < -0.4 is 0 Å². The van der Waals surface area contributed by atoms with Gasteiger partial charge in [0.15, 0.2) is 17.3 Å². The number of hydrogen-bond donors (Lipinski definition) is 3. The van der Waals surface area contributed by atoms with Gasteiger partial charge in [-0.15, -0.1) is 0 Å². The number of aliphatic hydroxyl groups excluding tert-OH is 2. The third kappa shape index (κ3) is 9.80. The summed E-state index contributed by atoms with van der Waals surface area (Å²) in [5.41, 5.74) is -2.73. The minimum Gasteiger partial charge on any atom is -0.386 e. The zero-order chi connectivity index (χ0) is 23.0. The molecule has 2 unspecified atom stereocenters. The Bertz CT molecular complexity index is 478. The van der Waals surface area contributed by atoms with E-state index in [1.807, 2.05) is 20.8 Å². The van der Waals surface area contributed by atoms with Crippen LogP contribution in [0.1, 0.15) is 117 Å². The van der Waals surface area contributed by atoms with Crippen molar-refractivity contribution in [2.24, 2.45) is 0 Å². The second-order valence-corrected chi connectivity index (χ2v) is 8.40. The number of Topliss-reactive ketones (excluding diaryl/α,β-unsaturated/α-hetero) is 3. The van der Waals surface area contributed by atoms with E-state index in [4.69, 9.17) is 0 Å². The molecule has 30 heavy (non-hydrogen) atoms. The largest absolute Gasteiger partial charge is 0.386 e. The first-order chi connectivity index (χ1) is 14.3. The molecule has 6 nitrogen and oxygen atoms in total. The number of hydrogen-bond acceptors (Lipinski definition) is 6. The Morgan fingerprint density at radius 2 is 1.00 bits per heavy atom. The third-order valence-corrected chi connectivity index (χ3v) is 5.70. The number of ketones is 3. The number of carbonyl (C=O) groups is 3. The summed E-state index contributed by atoms with van der Waals surface area (Å²) in [6.07, 6.45) is 5.52. The van der Waals surface area contributed by atoms with Gasteiger partial charge in [0.1, 0.15) is 12.2 Å². The van der Waals surface area contributed by atoms with Gasteiger partial charge in [0, 0.05) is 19.3 Å². The van der Waals surface area contributed by atoms with Crippen LogP contribution in [0.2, 0.25) is 0 Å². The summed E-state index contributed by atoms with van der Waals surface area (Å²) in [6.45, 7) is 6.10. The van der Waals surface area contributed by atoms with Crippen molar-refractivity contribution in [3.63, 3.8) is 0 Å². The van der Waals surface area contributed by atoms with Crippen LogP contribution >= 0.6 is 0 Å². The van der Waals surface area contributed by atoms with Crippen LogP contribution in [0.15, 0.2) is 0 Å². The van der Waals surface area contributed by atoms with E-state index >= 15 is 0 Å². The summed E-state index contributed by atoms with van der Waals surface area (Å²) < 4.78 is 0. The van der Waals surface area contributed by atoms with E-state index in [9.17, 15) is 29.7 Å². The van der Waals surface area contributed by atoms with Crippen molar-refractivity contribution in [1.82, 2.24) is 0 Å².